The van der Waals surface area contributed by atoms with E-state index < -0.39 is 28.9 Å². The van der Waals surface area contributed by atoms with Crippen LogP contribution in [0.4, 0.5) is 8.78 Å². The zero-order valence-electron chi connectivity index (χ0n) is 18.0. The Morgan fingerprint density at radius 3 is 2.35 bits per heavy atom. The van der Waals surface area contributed by atoms with E-state index in [9.17, 15) is 13.6 Å². The van der Waals surface area contributed by atoms with Crippen molar-refractivity contribution in [1.29, 1.82) is 5.26 Å². The van der Waals surface area contributed by atoms with Crippen LogP contribution in [-0.2, 0) is 11.2 Å². The molecule has 5 heteroatoms. The Morgan fingerprint density at radius 2 is 1.71 bits per heavy atom. The number of benzene rings is 2. The third kappa shape index (κ3) is 5.91. The van der Waals surface area contributed by atoms with Crippen LogP contribution in [-0.4, -0.2) is 5.97 Å². The van der Waals surface area contributed by atoms with Gasteiger partial charge in [0.2, 0.25) is 5.82 Å². The first-order chi connectivity index (χ1) is 15.0. The number of aryl methyl sites for hydroxylation is 1. The van der Waals surface area contributed by atoms with E-state index in [1.54, 1.807) is 6.07 Å². The summed E-state index contributed by atoms with van der Waals surface area (Å²) in [5.74, 6) is -3.50. The molecule has 3 nitrogen and oxygen atoms in total. The standard InChI is InChI=1S/C26H29F2NO2/c1-2-3-4-5-6-18-7-9-19(10-8-18)20-11-13-21(14-12-20)26(30)31-23-16-15-22(17-29)24(27)25(23)28/h7-10,15-16,20-21H,2-6,11-14H2,1H3/t20-,21-. The van der Waals surface area contributed by atoms with E-state index in [1.165, 1.54) is 36.8 Å². The molecule has 0 amide bonds. The molecule has 31 heavy (non-hydrogen) atoms. The number of hydrogen-bond donors (Lipinski definition) is 0. The summed E-state index contributed by atoms with van der Waals surface area (Å²) in [6.45, 7) is 2.22. The second-order valence-corrected chi connectivity index (χ2v) is 8.37. The predicted molar refractivity (Wildman–Crippen MR) is 116 cm³/mol. The molecule has 3 rings (SSSR count). The van der Waals surface area contributed by atoms with Gasteiger partial charge in [-0.25, -0.2) is 4.39 Å². The summed E-state index contributed by atoms with van der Waals surface area (Å²) in [5, 5.41) is 8.75. The second-order valence-electron chi connectivity index (χ2n) is 8.37. The Bertz CT molecular complexity index is 926. The molecule has 0 spiro atoms. The number of nitriles is 1. The smallest absolute Gasteiger partial charge is 0.314 e. The SMILES string of the molecule is CCCCCCc1ccc([C@H]2CC[C@H](C(=O)Oc3ccc(C#N)c(F)c3F)CC2)cc1. The molecule has 0 unspecified atom stereocenters. The number of nitrogens with zero attached hydrogens (tertiary/aromatic N) is 1. The van der Waals surface area contributed by atoms with Crippen molar-refractivity contribution in [1.82, 2.24) is 0 Å². The van der Waals surface area contributed by atoms with Gasteiger partial charge < -0.3 is 4.74 Å². The molecule has 1 fully saturated rings. The van der Waals surface area contributed by atoms with Crippen molar-refractivity contribution in [2.45, 2.75) is 70.6 Å². The van der Waals surface area contributed by atoms with Crippen LogP contribution in [0.3, 0.4) is 0 Å². The Hall–Kier alpha value is -2.74. The molecule has 2 aromatic rings. The summed E-state index contributed by atoms with van der Waals surface area (Å²) in [6, 6.07) is 12.6. The van der Waals surface area contributed by atoms with Gasteiger partial charge in [-0.05, 0) is 67.7 Å². The Morgan fingerprint density at radius 1 is 1.00 bits per heavy atom. The molecule has 0 N–H and O–H groups in total. The Labute approximate surface area is 183 Å². The van der Waals surface area contributed by atoms with Crippen molar-refractivity contribution < 1.29 is 18.3 Å². The van der Waals surface area contributed by atoms with Crippen LogP contribution >= 0.6 is 0 Å². The van der Waals surface area contributed by atoms with Crippen LogP contribution in [0, 0.1) is 28.9 Å². The van der Waals surface area contributed by atoms with Gasteiger partial charge in [-0.1, -0.05) is 50.5 Å². The molecule has 0 bridgehead atoms. The van der Waals surface area contributed by atoms with Crippen LogP contribution in [0.1, 0.15) is 80.9 Å². The molecular weight excluding hydrogens is 396 g/mol. The van der Waals surface area contributed by atoms with Gasteiger partial charge in [-0.15, -0.1) is 0 Å². The normalized spacial score (nSPS) is 18.4. The number of halogens is 2. The lowest BCUT2D eigenvalue weighted by atomic mass is 9.78. The zero-order valence-corrected chi connectivity index (χ0v) is 18.0. The van der Waals surface area contributed by atoms with Crippen molar-refractivity contribution in [2.24, 2.45) is 5.92 Å². The first kappa shape index (κ1) is 22.9. The minimum Gasteiger partial charge on any atom is -0.423 e. The summed E-state index contributed by atoms with van der Waals surface area (Å²) < 4.78 is 32.9. The van der Waals surface area contributed by atoms with E-state index in [4.69, 9.17) is 10.00 Å². The summed E-state index contributed by atoms with van der Waals surface area (Å²) >= 11 is 0. The first-order valence-electron chi connectivity index (χ1n) is 11.2. The second kappa shape index (κ2) is 11.0. The van der Waals surface area contributed by atoms with Gasteiger partial charge in [0.25, 0.3) is 0 Å². The van der Waals surface area contributed by atoms with E-state index in [0.717, 1.165) is 31.4 Å². The minimum absolute atomic E-state index is 0.327. The number of ether oxygens (including phenoxy) is 1. The average molecular weight is 426 g/mol. The third-order valence-corrected chi connectivity index (χ3v) is 6.21. The van der Waals surface area contributed by atoms with E-state index in [0.29, 0.717) is 18.8 Å². The fourth-order valence-electron chi connectivity index (χ4n) is 4.26. The summed E-state index contributed by atoms with van der Waals surface area (Å²) in [6.07, 6.45) is 9.18. The Kier molecular flexibility index (Phi) is 8.17. The van der Waals surface area contributed by atoms with Gasteiger partial charge in [-0.3, -0.25) is 4.79 Å². The minimum atomic E-state index is -1.30. The molecular formula is C26H29F2NO2. The fourth-order valence-corrected chi connectivity index (χ4v) is 4.26. The highest BCUT2D eigenvalue weighted by Crippen LogP contribution is 2.37. The van der Waals surface area contributed by atoms with Crippen LogP contribution in [0.2, 0.25) is 0 Å². The van der Waals surface area contributed by atoms with Crippen LogP contribution < -0.4 is 4.74 Å². The number of unbranched alkanes of at least 4 members (excludes halogenated alkanes) is 3. The van der Waals surface area contributed by atoms with Gasteiger partial charge in [0.15, 0.2) is 11.6 Å². The van der Waals surface area contributed by atoms with Crippen LogP contribution in [0.5, 0.6) is 5.75 Å². The molecule has 2 aromatic carbocycles. The average Bonchev–Trinajstić information content (AvgIpc) is 2.80. The highest BCUT2D eigenvalue weighted by atomic mass is 19.2. The van der Waals surface area contributed by atoms with E-state index >= 15 is 0 Å². The molecule has 0 saturated heterocycles. The number of rotatable bonds is 8. The van der Waals surface area contributed by atoms with Gasteiger partial charge in [0.1, 0.15) is 6.07 Å². The Balaban J connectivity index is 1.51. The lowest BCUT2D eigenvalue weighted by Crippen LogP contribution is -2.25. The summed E-state index contributed by atoms with van der Waals surface area (Å²) in [7, 11) is 0. The molecule has 164 valence electrons. The van der Waals surface area contributed by atoms with Crippen molar-refractivity contribution >= 4 is 5.97 Å². The molecule has 1 aliphatic carbocycles. The summed E-state index contributed by atoms with van der Waals surface area (Å²) in [5.41, 5.74) is 2.25. The first-order valence-corrected chi connectivity index (χ1v) is 11.2. The predicted octanol–water partition coefficient (Wildman–Crippen LogP) is 6.84. The highest BCUT2D eigenvalue weighted by molar-refractivity contribution is 5.75. The van der Waals surface area contributed by atoms with E-state index in [2.05, 4.69) is 31.2 Å². The van der Waals surface area contributed by atoms with Crippen molar-refractivity contribution in [2.75, 3.05) is 0 Å². The highest BCUT2D eigenvalue weighted by Gasteiger charge is 2.29. The maximum atomic E-state index is 14.0. The zero-order chi connectivity index (χ0) is 22.2. The fraction of sp³-hybridized carbons (Fsp3) is 0.462. The monoisotopic (exact) mass is 425 g/mol. The molecule has 0 aromatic heterocycles. The molecule has 1 aliphatic rings. The number of hydrogen-bond acceptors (Lipinski definition) is 3. The van der Waals surface area contributed by atoms with Crippen molar-refractivity contribution in [3.8, 4) is 11.8 Å². The quantitative estimate of drug-likeness (QED) is 0.264. The van der Waals surface area contributed by atoms with E-state index in [1.807, 2.05) is 0 Å². The summed E-state index contributed by atoms with van der Waals surface area (Å²) in [4.78, 5) is 12.4. The van der Waals surface area contributed by atoms with Gasteiger partial charge in [0, 0.05) is 0 Å². The lowest BCUT2D eigenvalue weighted by Gasteiger charge is -2.27. The molecule has 1 saturated carbocycles. The van der Waals surface area contributed by atoms with Gasteiger partial charge in [-0.2, -0.15) is 9.65 Å². The van der Waals surface area contributed by atoms with Crippen molar-refractivity contribution in [3.05, 3.63) is 64.7 Å². The van der Waals surface area contributed by atoms with Crippen LogP contribution in [0.25, 0.3) is 0 Å². The maximum absolute atomic E-state index is 14.0. The number of carbonyl (C=O) groups excluding carboxylic acids is 1. The van der Waals surface area contributed by atoms with Gasteiger partial charge in [0.05, 0.1) is 11.5 Å². The lowest BCUT2D eigenvalue weighted by molar-refractivity contribution is -0.140. The maximum Gasteiger partial charge on any atom is 0.314 e. The number of esters is 1. The number of carbonyl (C=O) groups is 1. The largest absolute Gasteiger partial charge is 0.423 e. The topological polar surface area (TPSA) is 50.1 Å². The molecule has 0 radical (unpaired) electrons. The van der Waals surface area contributed by atoms with Crippen molar-refractivity contribution in [3.63, 3.8) is 0 Å². The third-order valence-electron chi connectivity index (χ3n) is 6.21. The van der Waals surface area contributed by atoms with Crippen LogP contribution in [0.15, 0.2) is 36.4 Å². The molecule has 0 heterocycles. The molecule has 0 atom stereocenters. The molecule has 0 aliphatic heterocycles. The van der Waals surface area contributed by atoms with Gasteiger partial charge >= 0.3 is 5.97 Å². The van der Waals surface area contributed by atoms with E-state index in [-0.39, 0.29) is 5.92 Å².